The van der Waals surface area contributed by atoms with Gasteiger partial charge in [0.1, 0.15) is 0 Å². The van der Waals surface area contributed by atoms with E-state index in [1.165, 1.54) is 5.56 Å². The molecule has 0 radical (unpaired) electrons. The molecule has 2 amide bonds. The number of nitrogens with one attached hydrogen (secondary N) is 2. The average Bonchev–Trinajstić information content (AvgIpc) is 2.41. The summed E-state index contributed by atoms with van der Waals surface area (Å²) in [5.74, 6) is 0. The topological polar surface area (TPSA) is 41.1 Å². The third-order valence-electron chi connectivity index (χ3n) is 3.11. The van der Waals surface area contributed by atoms with Crippen molar-refractivity contribution in [3.8, 4) is 0 Å². The molecule has 2 aromatic carbocycles. The molecule has 104 valence electrons. The van der Waals surface area contributed by atoms with E-state index in [-0.39, 0.29) is 6.03 Å². The van der Waals surface area contributed by atoms with Crippen LogP contribution in [0.2, 0.25) is 5.02 Å². The van der Waals surface area contributed by atoms with E-state index in [0.29, 0.717) is 11.6 Å². The molecule has 2 rings (SSSR count). The zero-order chi connectivity index (χ0) is 14.5. The van der Waals surface area contributed by atoms with Crippen LogP contribution in [0, 0.1) is 13.8 Å². The van der Waals surface area contributed by atoms with Crippen LogP contribution in [0.3, 0.4) is 0 Å². The lowest BCUT2D eigenvalue weighted by Gasteiger charge is -2.09. The molecule has 0 spiro atoms. The van der Waals surface area contributed by atoms with E-state index in [1.807, 2.05) is 50.2 Å². The lowest BCUT2D eigenvalue weighted by atomic mass is 10.1. The Bertz CT molecular complexity index is 626. The highest BCUT2D eigenvalue weighted by molar-refractivity contribution is 6.30. The van der Waals surface area contributed by atoms with Crippen molar-refractivity contribution in [3.63, 3.8) is 0 Å². The number of aryl methyl sites for hydroxylation is 2. The maximum Gasteiger partial charge on any atom is 0.319 e. The van der Waals surface area contributed by atoms with E-state index in [9.17, 15) is 4.79 Å². The minimum absolute atomic E-state index is 0.228. The van der Waals surface area contributed by atoms with Crippen molar-refractivity contribution >= 4 is 23.3 Å². The number of carbonyl (C=O) groups excluding carboxylic acids is 1. The lowest BCUT2D eigenvalue weighted by molar-refractivity contribution is 0.251. The fraction of sp³-hybridized carbons (Fsp3) is 0.188. The second-order valence-electron chi connectivity index (χ2n) is 4.74. The van der Waals surface area contributed by atoms with Gasteiger partial charge in [-0.1, -0.05) is 29.8 Å². The first-order chi connectivity index (χ1) is 9.54. The molecular formula is C16H17ClN2O. The van der Waals surface area contributed by atoms with Crippen LogP contribution in [0.1, 0.15) is 16.7 Å². The summed E-state index contributed by atoms with van der Waals surface area (Å²) in [6.45, 7) is 4.50. The van der Waals surface area contributed by atoms with Gasteiger partial charge in [0, 0.05) is 17.3 Å². The summed E-state index contributed by atoms with van der Waals surface area (Å²) < 4.78 is 0. The molecule has 0 aliphatic carbocycles. The van der Waals surface area contributed by atoms with E-state index in [0.717, 1.165) is 16.8 Å². The van der Waals surface area contributed by atoms with Gasteiger partial charge < -0.3 is 10.6 Å². The number of carbonyl (C=O) groups is 1. The van der Waals surface area contributed by atoms with Crippen LogP contribution < -0.4 is 10.6 Å². The van der Waals surface area contributed by atoms with E-state index in [2.05, 4.69) is 10.6 Å². The summed E-state index contributed by atoms with van der Waals surface area (Å²) in [5, 5.41) is 6.28. The Hall–Kier alpha value is -2.00. The maximum absolute atomic E-state index is 11.8. The minimum Gasteiger partial charge on any atom is -0.334 e. The first-order valence-electron chi connectivity index (χ1n) is 6.41. The molecule has 2 aromatic rings. The second kappa shape index (κ2) is 6.44. The van der Waals surface area contributed by atoms with Gasteiger partial charge in [0.2, 0.25) is 0 Å². The third kappa shape index (κ3) is 4.00. The zero-order valence-corrected chi connectivity index (χ0v) is 12.3. The molecule has 2 N–H and O–H groups in total. The van der Waals surface area contributed by atoms with Crippen molar-refractivity contribution in [2.24, 2.45) is 0 Å². The van der Waals surface area contributed by atoms with Crippen LogP contribution in [0.5, 0.6) is 0 Å². The summed E-state index contributed by atoms with van der Waals surface area (Å²) in [6.07, 6.45) is 0. The van der Waals surface area contributed by atoms with Crippen molar-refractivity contribution in [2.75, 3.05) is 5.32 Å². The number of hydrogen-bond donors (Lipinski definition) is 2. The van der Waals surface area contributed by atoms with Gasteiger partial charge in [-0.3, -0.25) is 0 Å². The highest BCUT2D eigenvalue weighted by Crippen LogP contribution is 2.14. The minimum atomic E-state index is -0.228. The van der Waals surface area contributed by atoms with E-state index in [4.69, 9.17) is 11.6 Å². The monoisotopic (exact) mass is 288 g/mol. The summed E-state index contributed by atoms with van der Waals surface area (Å²) in [7, 11) is 0. The number of benzene rings is 2. The number of amides is 2. The van der Waals surface area contributed by atoms with Gasteiger partial charge in [0.15, 0.2) is 0 Å². The number of hydrogen-bond acceptors (Lipinski definition) is 1. The summed E-state index contributed by atoms with van der Waals surface area (Å²) in [5.41, 5.74) is 4.11. The molecule has 0 atom stereocenters. The highest BCUT2D eigenvalue weighted by Gasteiger charge is 2.03. The SMILES string of the molecule is Cc1ccc(NC(=O)NCc2cccc(Cl)c2)cc1C. The molecule has 0 fully saturated rings. The molecule has 0 aliphatic heterocycles. The number of anilines is 1. The second-order valence-corrected chi connectivity index (χ2v) is 5.17. The largest absolute Gasteiger partial charge is 0.334 e. The first kappa shape index (κ1) is 14.4. The first-order valence-corrected chi connectivity index (χ1v) is 6.79. The summed E-state index contributed by atoms with van der Waals surface area (Å²) >= 11 is 5.89. The molecule has 20 heavy (non-hydrogen) atoms. The van der Waals surface area contributed by atoms with Crippen LogP contribution >= 0.6 is 11.6 Å². The Morgan fingerprint density at radius 1 is 1.10 bits per heavy atom. The smallest absolute Gasteiger partial charge is 0.319 e. The third-order valence-corrected chi connectivity index (χ3v) is 3.34. The van der Waals surface area contributed by atoms with Gasteiger partial charge in [-0.25, -0.2) is 4.79 Å². The van der Waals surface area contributed by atoms with Crippen molar-refractivity contribution in [3.05, 3.63) is 64.2 Å². The predicted molar refractivity (Wildman–Crippen MR) is 83.2 cm³/mol. The standard InChI is InChI=1S/C16H17ClN2O/c1-11-6-7-15(8-12(11)2)19-16(20)18-10-13-4-3-5-14(17)9-13/h3-9H,10H2,1-2H3,(H2,18,19,20). The van der Waals surface area contributed by atoms with Gasteiger partial charge in [0.05, 0.1) is 0 Å². The Morgan fingerprint density at radius 2 is 1.90 bits per heavy atom. The van der Waals surface area contributed by atoms with Crippen molar-refractivity contribution < 1.29 is 4.79 Å². The van der Waals surface area contributed by atoms with Crippen molar-refractivity contribution in [2.45, 2.75) is 20.4 Å². The van der Waals surface area contributed by atoms with Crippen LogP contribution in [0.15, 0.2) is 42.5 Å². The predicted octanol–water partition coefficient (Wildman–Crippen LogP) is 4.28. The van der Waals surface area contributed by atoms with Gasteiger partial charge in [0.25, 0.3) is 0 Å². The number of rotatable bonds is 3. The Kier molecular flexibility index (Phi) is 4.64. The Morgan fingerprint density at radius 3 is 2.60 bits per heavy atom. The Balaban J connectivity index is 1.91. The molecule has 4 heteroatoms. The van der Waals surface area contributed by atoms with Crippen molar-refractivity contribution in [1.29, 1.82) is 0 Å². The summed E-state index contributed by atoms with van der Waals surface area (Å²) in [6, 6.07) is 13.0. The molecule has 0 unspecified atom stereocenters. The molecule has 0 saturated carbocycles. The quantitative estimate of drug-likeness (QED) is 0.869. The van der Waals surface area contributed by atoms with Crippen LogP contribution in [0.4, 0.5) is 10.5 Å². The van der Waals surface area contributed by atoms with Gasteiger partial charge in [-0.05, 0) is 54.8 Å². The maximum atomic E-state index is 11.8. The molecule has 0 bridgehead atoms. The van der Waals surface area contributed by atoms with Gasteiger partial charge in [-0.2, -0.15) is 0 Å². The van der Waals surface area contributed by atoms with Crippen LogP contribution in [-0.4, -0.2) is 6.03 Å². The number of halogens is 1. The fourth-order valence-corrected chi connectivity index (χ4v) is 2.04. The molecular weight excluding hydrogens is 272 g/mol. The normalized spacial score (nSPS) is 10.2. The molecule has 3 nitrogen and oxygen atoms in total. The van der Waals surface area contributed by atoms with Crippen LogP contribution in [0.25, 0.3) is 0 Å². The molecule has 0 aliphatic rings. The Labute approximate surface area is 124 Å². The molecule has 0 saturated heterocycles. The van der Waals surface area contributed by atoms with E-state index >= 15 is 0 Å². The van der Waals surface area contributed by atoms with E-state index in [1.54, 1.807) is 6.07 Å². The zero-order valence-electron chi connectivity index (χ0n) is 11.5. The molecule has 0 heterocycles. The molecule has 0 aromatic heterocycles. The van der Waals surface area contributed by atoms with Crippen molar-refractivity contribution in [1.82, 2.24) is 5.32 Å². The fourth-order valence-electron chi connectivity index (χ4n) is 1.82. The van der Waals surface area contributed by atoms with E-state index < -0.39 is 0 Å². The summed E-state index contributed by atoms with van der Waals surface area (Å²) in [4.78, 5) is 11.8. The lowest BCUT2D eigenvalue weighted by Crippen LogP contribution is -2.28. The van der Waals surface area contributed by atoms with Crippen LogP contribution in [-0.2, 0) is 6.54 Å². The number of urea groups is 1. The average molecular weight is 289 g/mol. The van der Waals surface area contributed by atoms with Gasteiger partial charge in [-0.15, -0.1) is 0 Å². The highest BCUT2D eigenvalue weighted by atomic mass is 35.5. The van der Waals surface area contributed by atoms with Gasteiger partial charge >= 0.3 is 6.03 Å².